The van der Waals surface area contributed by atoms with Gasteiger partial charge in [0, 0.05) is 4.47 Å². The third-order valence-corrected chi connectivity index (χ3v) is 3.87. The Morgan fingerprint density at radius 1 is 0.880 bits per heavy atom. The molecule has 4 nitrogen and oxygen atoms in total. The van der Waals surface area contributed by atoms with E-state index in [1.54, 1.807) is 7.11 Å². The molecule has 134 valence electrons. The lowest BCUT2D eigenvalue weighted by Gasteiger charge is -2.12. The maximum Gasteiger partial charge on any atom is 0.161 e. The zero-order chi connectivity index (χ0) is 17.9. The van der Waals surface area contributed by atoms with Gasteiger partial charge in [-0.3, -0.25) is 0 Å². The van der Waals surface area contributed by atoms with Crippen LogP contribution < -0.4 is 14.2 Å². The van der Waals surface area contributed by atoms with Gasteiger partial charge in [0.05, 0.1) is 20.3 Å². The molecule has 0 heterocycles. The normalized spacial score (nSPS) is 10.8. The average Bonchev–Trinajstić information content (AvgIpc) is 2.63. The standard InChI is InChI=1S/C20H23BrO4/c1-3-4-16-5-10-19(20(15-16)22-2)25-14-12-23-11-13-24-18-8-6-17(21)7-9-18/h3-10,15H,11-14H2,1-2H3/b4-3+. The van der Waals surface area contributed by atoms with Crippen LogP contribution in [0.1, 0.15) is 12.5 Å². The molecule has 0 bridgehead atoms. The summed E-state index contributed by atoms with van der Waals surface area (Å²) in [5.41, 5.74) is 1.08. The quantitative estimate of drug-likeness (QED) is 0.522. The minimum Gasteiger partial charge on any atom is -0.493 e. The molecule has 0 fully saturated rings. The van der Waals surface area contributed by atoms with Gasteiger partial charge in [-0.25, -0.2) is 0 Å². The number of ether oxygens (including phenoxy) is 4. The highest BCUT2D eigenvalue weighted by molar-refractivity contribution is 9.10. The largest absolute Gasteiger partial charge is 0.493 e. The van der Waals surface area contributed by atoms with Crippen LogP contribution in [0.2, 0.25) is 0 Å². The Bertz CT molecular complexity index is 668. The fourth-order valence-corrected chi connectivity index (χ4v) is 2.43. The molecule has 0 spiro atoms. The predicted molar refractivity (Wildman–Crippen MR) is 104 cm³/mol. The third kappa shape index (κ3) is 6.80. The van der Waals surface area contributed by atoms with Crippen molar-refractivity contribution in [1.82, 2.24) is 0 Å². The average molecular weight is 407 g/mol. The number of benzene rings is 2. The molecule has 2 rings (SSSR count). The molecule has 5 heteroatoms. The Morgan fingerprint density at radius 2 is 1.60 bits per heavy atom. The van der Waals surface area contributed by atoms with Crippen LogP contribution in [-0.2, 0) is 4.74 Å². The lowest BCUT2D eigenvalue weighted by Crippen LogP contribution is -2.12. The van der Waals surface area contributed by atoms with Crippen LogP contribution in [0.15, 0.2) is 53.0 Å². The first-order chi connectivity index (χ1) is 12.2. The molecule has 0 aromatic heterocycles. The minimum atomic E-state index is 0.456. The maximum atomic E-state index is 5.72. The van der Waals surface area contributed by atoms with Crippen molar-refractivity contribution in [2.24, 2.45) is 0 Å². The van der Waals surface area contributed by atoms with Crippen molar-refractivity contribution in [3.8, 4) is 17.2 Å². The number of allylic oxidation sites excluding steroid dienone is 1. The Labute approximate surface area is 157 Å². The summed E-state index contributed by atoms with van der Waals surface area (Å²) in [5, 5.41) is 0. The summed E-state index contributed by atoms with van der Waals surface area (Å²) in [6.07, 6.45) is 4.00. The lowest BCUT2D eigenvalue weighted by atomic mass is 10.2. The smallest absolute Gasteiger partial charge is 0.161 e. The van der Waals surface area contributed by atoms with E-state index in [4.69, 9.17) is 18.9 Å². The number of hydrogen-bond donors (Lipinski definition) is 0. The van der Waals surface area contributed by atoms with Gasteiger partial charge in [-0.2, -0.15) is 0 Å². The van der Waals surface area contributed by atoms with Crippen molar-refractivity contribution in [3.63, 3.8) is 0 Å². The van der Waals surface area contributed by atoms with E-state index in [-0.39, 0.29) is 0 Å². The molecule has 0 aliphatic heterocycles. The lowest BCUT2D eigenvalue weighted by molar-refractivity contribution is 0.0757. The summed E-state index contributed by atoms with van der Waals surface area (Å²) >= 11 is 3.39. The van der Waals surface area contributed by atoms with Crippen molar-refractivity contribution in [2.75, 3.05) is 33.5 Å². The summed E-state index contributed by atoms with van der Waals surface area (Å²) in [4.78, 5) is 0. The van der Waals surface area contributed by atoms with Gasteiger partial charge in [0.25, 0.3) is 0 Å². The predicted octanol–water partition coefficient (Wildman–Crippen LogP) is 4.97. The molecule has 0 saturated carbocycles. The fraction of sp³-hybridized carbons (Fsp3) is 0.300. The summed E-state index contributed by atoms with van der Waals surface area (Å²) in [7, 11) is 1.64. The van der Waals surface area contributed by atoms with Crippen LogP contribution in [0.4, 0.5) is 0 Å². The van der Waals surface area contributed by atoms with Crippen LogP contribution in [0.5, 0.6) is 17.2 Å². The molecule has 0 saturated heterocycles. The van der Waals surface area contributed by atoms with E-state index in [1.165, 1.54) is 0 Å². The van der Waals surface area contributed by atoms with Gasteiger partial charge in [0.15, 0.2) is 11.5 Å². The van der Waals surface area contributed by atoms with Gasteiger partial charge < -0.3 is 18.9 Å². The van der Waals surface area contributed by atoms with Crippen LogP contribution in [0, 0.1) is 0 Å². The van der Waals surface area contributed by atoms with Crippen molar-refractivity contribution in [3.05, 3.63) is 58.6 Å². The minimum absolute atomic E-state index is 0.456. The first-order valence-corrected chi connectivity index (χ1v) is 8.92. The zero-order valence-corrected chi connectivity index (χ0v) is 16.1. The van der Waals surface area contributed by atoms with Crippen molar-refractivity contribution in [2.45, 2.75) is 6.92 Å². The molecule has 0 N–H and O–H groups in total. The Balaban J connectivity index is 1.65. The van der Waals surface area contributed by atoms with E-state index >= 15 is 0 Å². The summed E-state index contributed by atoms with van der Waals surface area (Å²) in [6.45, 7) is 3.94. The number of rotatable bonds is 10. The Kier molecular flexibility index (Phi) is 8.35. The molecule has 0 aliphatic carbocycles. The van der Waals surface area contributed by atoms with Crippen LogP contribution in [0.3, 0.4) is 0 Å². The van der Waals surface area contributed by atoms with E-state index in [0.29, 0.717) is 37.9 Å². The van der Waals surface area contributed by atoms with E-state index in [1.807, 2.05) is 61.5 Å². The number of halogens is 1. The van der Waals surface area contributed by atoms with E-state index < -0.39 is 0 Å². The molecule has 0 unspecified atom stereocenters. The molecular formula is C20H23BrO4. The van der Waals surface area contributed by atoms with Crippen LogP contribution in [0.25, 0.3) is 6.08 Å². The molecule has 25 heavy (non-hydrogen) atoms. The van der Waals surface area contributed by atoms with E-state index in [0.717, 1.165) is 15.8 Å². The summed E-state index contributed by atoms with van der Waals surface area (Å²) in [5.74, 6) is 2.26. The molecule has 0 aliphatic rings. The highest BCUT2D eigenvalue weighted by Gasteiger charge is 2.04. The van der Waals surface area contributed by atoms with Crippen molar-refractivity contribution >= 4 is 22.0 Å². The maximum absolute atomic E-state index is 5.72. The Morgan fingerprint density at radius 3 is 2.28 bits per heavy atom. The molecule has 0 radical (unpaired) electrons. The second kappa shape index (κ2) is 10.8. The first kappa shape index (κ1) is 19.3. The molecule has 2 aromatic rings. The van der Waals surface area contributed by atoms with Gasteiger partial charge in [-0.1, -0.05) is 34.1 Å². The molecule has 2 aromatic carbocycles. The van der Waals surface area contributed by atoms with Crippen LogP contribution in [-0.4, -0.2) is 33.5 Å². The topological polar surface area (TPSA) is 36.9 Å². The van der Waals surface area contributed by atoms with Crippen molar-refractivity contribution in [1.29, 1.82) is 0 Å². The second-order valence-electron chi connectivity index (χ2n) is 5.17. The summed E-state index contributed by atoms with van der Waals surface area (Å²) in [6, 6.07) is 13.6. The highest BCUT2D eigenvalue weighted by Crippen LogP contribution is 2.28. The van der Waals surface area contributed by atoms with Crippen LogP contribution >= 0.6 is 15.9 Å². The van der Waals surface area contributed by atoms with Gasteiger partial charge in [0.1, 0.15) is 19.0 Å². The zero-order valence-electron chi connectivity index (χ0n) is 14.5. The van der Waals surface area contributed by atoms with Gasteiger partial charge in [-0.15, -0.1) is 0 Å². The fourth-order valence-electron chi connectivity index (χ4n) is 2.16. The summed E-state index contributed by atoms with van der Waals surface area (Å²) < 4.78 is 23.2. The monoisotopic (exact) mass is 406 g/mol. The van der Waals surface area contributed by atoms with Gasteiger partial charge in [0.2, 0.25) is 0 Å². The highest BCUT2D eigenvalue weighted by atomic mass is 79.9. The van der Waals surface area contributed by atoms with Gasteiger partial charge >= 0.3 is 0 Å². The number of methoxy groups -OCH3 is 1. The van der Waals surface area contributed by atoms with E-state index in [9.17, 15) is 0 Å². The second-order valence-corrected chi connectivity index (χ2v) is 6.09. The van der Waals surface area contributed by atoms with Crippen molar-refractivity contribution < 1.29 is 18.9 Å². The Hall–Kier alpha value is -1.98. The first-order valence-electron chi connectivity index (χ1n) is 8.12. The molecule has 0 atom stereocenters. The third-order valence-electron chi connectivity index (χ3n) is 3.34. The molecular weight excluding hydrogens is 384 g/mol. The molecule has 0 amide bonds. The van der Waals surface area contributed by atoms with E-state index in [2.05, 4.69) is 15.9 Å². The number of hydrogen-bond acceptors (Lipinski definition) is 4. The van der Waals surface area contributed by atoms with Gasteiger partial charge in [-0.05, 0) is 48.9 Å². The SMILES string of the molecule is C/C=C/c1ccc(OCCOCCOc2ccc(Br)cc2)c(OC)c1.